The van der Waals surface area contributed by atoms with Crippen LogP contribution in [0.4, 0.5) is 17.6 Å². The Hall–Kier alpha value is -4.74. The van der Waals surface area contributed by atoms with Crippen molar-refractivity contribution in [1.29, 1.82) is 0 Å². The van der Waals surface area contributed by atoms with Gasteiger partial charge in [-0.3, -0.25) is 29.6 Å². The highest BCUT2D eigenvalue weighted by atomic mass is 19.1. The third-order valence-electron chi connectivity index (χ3n) is 6.05. The summed E-state index contributed by atoms with van der Waals surface area (Å²) < 4.78 is 58.0. The Labute approximate surface area is 218 Å². The number of ketones is 1. The topological polar surface area (TPSA) is 109 Å². The van der Waals surface area contributed by atoms with Crippen LogP contribution in [0.3, 0.4) is 0 Å². The number of carbonyl (C=O) groups is 3. The van der Waals surface area contributed by atoms with Crippen LogP contribution in [0.5, 0.6) is 0 Å². The number of allylic oxidation sites excluding steroid dienone is 1. The van der Waals surface area contributed by atoms with Gasteiger partial charge in [-0.2, -0.15) is 0 Å². The first-order chi connectivity index (χ1) is 18.5. The van der Waals surface area contributed by atoms with E-state index in [1.54, 1.807) is 0 Å². The van der Waals surface area contributed by atoms with Crippen LogP contribution in [0, 0.1) is 23.3 Å². The SMILES string of the molecule is O=C(NN1CCCC1=O)C(O)=CC(=O)c1cc(Cc2c(F)cccc2F)cn(Cc2c(F)cccc2F)c1=O. The van der Waals surface area contributed by atoms with Gasteiger partial charge < -0.3 is 9.67 Å². The Bertz CT molecular complexity index is 1530. The first-order valence-corrected chi connectivity index (χ1v) is 11.7. The number of aliphatic hydroxyl groups excluding tert-OH is 1. The summed E-state index contributed by atoms with van der Waals surface area (Å²) >= 11 is 0. The first-order valence-electron chi connectivity index (χ1n) is 11.7. The van der Waals surface area contributed by atoms with E-state index in [0.717, 1.165) is 58.2 Å². The van der Waals surface area contributed by atoms with E-state index in [4.69, 9.17) is 0 Å². The molecule has 1 aliphatic rings. The van der Waals surface area contributed by atoms with Crippen molar-refractivity contribution in [3.05, 3.63) is 116 Å². The van der Waals surface area contributed by atoms with Crippen molar-refractivity contribution in [1.82, 2.24) is 15.0 Å². The maximum Gasteiger partial charge on any atom is 0.304 e. The summed E-state index contributed by atoms with van der Waals surface area (Å²) in [4.78, 5) is 50.0. The largest absolute Gasteiger partial charge is 0.503 e. The second-order valence-corrected chi connectivity index (χ2v) is 8.76. The lowest BCUT2D eigenvalue weighted by Crippen LogP contribution is -2.43. The predicted molar refractivity (Wildman–Crippen MR) is 129 cm³/mol. The van der Waals surface area contributed by atoms with Crippen LogP contribution in [0.25, 0.3) is 0 Å². The molecule has 1 aromatic heterocycles. The molecule has 39 heavy (non-hydrogen) atoms. The summed E-state index contributed by atoms with van der Waals surface area (Å²) in [7, 11) is 0. The summed E-state index contributed by atoms with van der Waals surface area (Å²) in [6.07, 6.45) is 1.79. The van der Waals surface area contributed by atoms with Gasteiger partial charge in [-0.05, 0) is 42.3 Å². The molecule has 2 N–H and O–H groups in total. The number of aromatic nitrogens is 1. The minimum atomic E-state index is -1.18. The first kappa shape index (κ1) is 27.3. The van der Waals surface area contributed by atoms with Gasteiger partial charge >= 0.3 is 5.91 Å². The van der Waals surface area contributed by atoms with Gasteiger partial charge in [-0.15, -0.1) is 0 Å². The van der Waals surface area contributed by atoms with Crippen molar-refractivity contribution in [3.63, 3.8) is 0 Å². The number of nitrogens with one attached hydrogen (secondary N) is 1. The number of benzene rings is 2. The number of hydrazine groups is 1. The number of hydrogen-bond donors (Lipinski definition) is 2. The minimum absolute atomic E-state index is 0.0266. The summed E-state index contributed by atoms with van der Waals surface area (Å²) in [6.45, 7) is -0.462. The number of hydrogen-bond acceptors (Lipinski definition) is 5. The zero-order chi connectivity index (χ0) is 28.3. The van der Waals surface area contributed by atoms with E-state index in [9.17, 15) is 41.8 Å². The Kier molecular flexibility index (Phi) is 7.93. The molecule has 0 bridgehead atoms. The van der Waals surface area contributed by atoms with Gasteiger partial charge in [0.15, 0.2) is 11.5 Å². The molecule has 0 unspecified atom stereocenters. The molecule has 0 radical (unpaired) electrons. The van der Waals surface area contributed by atoms with Gasteiger partial charge in [-0.1, -0.05) is 12.1 Å². The number of aliphatic hydroxyl groups is 1. The molecule has 4 rings (SSSR count). The summed E-state index contributed by atoms with van der Waals surface area (Å²) in [5.74, 6) is -7.58. The van der Waals surface area contributed by atoms with E-state index in [0.29, 0.717) is 12.5 Å². The molecule has 12 heteroatoms. The van der Waals surface area contributed by atoms with Crippen LogP contribution in [-0.4, -0.2) is 38.8 Å². The molecule has 0 spiro atoms. The lowest BCUT2D eigenvalue weighted by atomic mass is 10.0. The summed E-state index contributed by atoms with van der Waals surface area (Å²) in [5.41, 5.74) is -0.402. The quantitative estimate of drug-likeness (QED) is 0.196. The van der Waals surface area contributed by atoms with E-state index < -0.39 is 70.4 Å². The highest BCUT2D eigenvalue weighted by Crippen LogP contribution is 2.19. The van der Waals surface area contributed by atoms with Gasteiger partial charge in [0.05, 0.1) is 12.1 Å². The summed E-state index contributed by atoms with van der Waals surface area (Å²) in [5, 5.41) is 11.1. The Morgan fingerprint density at radius 1 is 0.949 bits per heavy atom. The van der Waals surface area contributed by atoms with Crippen LogP contribution in [0.1, 0.15) is 39.9 Å². The molecule has 8 nitrogen and oxygen atoms in total. The Morgan fingerprint density at radius 3 is 2.10 bits per heavy atom. The lowest BCUT2D eigenvalue weighted by Gasteiger charge is -2.16. The lowest BCUT2D eigenvalue weighted by molar-refractivity contribution is -0.137. The number of carbonyl (C=O) groups excluding carboxylic acids is 3. The fraction of sp³-hybridized carbons (Fsp3) is 0.185. The second kappa shape index (κ2) is 11.3. The minimum Gasteiger partial charge on any atom is -0.503 e. The maximum atomic E-state index is 14.3. The molecule has 2 amide bonds. The average molecular weight is 543 g/mol. The molecule has 2 heterocycles. The monoisotopic (exact) mass is 543 g/mol. The van der Waals surface area contributed by atoms with E-state index in [1.165, 1.54) is 0 Å². The van der Waals surface area contributed by atoms with Crippen molar-refractivity contribution in [2.24, 2.45) is 0 Å². The molecule has 0 aliphatic carbocycles. The third kappa shape index (κ3) is 6.06. The van der Waals surface area contributed by atoms with E-state index in [2.05, 4.69) is 5.43 Å². The van der Waals surface area contributed by atoms with Crippen molar-refractivity contribution in [2.75, 3.05) is 6.54 Å². The number of rotatable bonds is 8. The van der Waals surface area contributed by atoms with Gasteiger partial charge in [0, 0.05) is 42.8 Å². The Balaban J connectivity index is 1.73. The number of halogens is 4. The van der Waals surface area contributed by atoms with Crippen LogP contribution < -0.4 is 11.0 Å². The standard InChI is InChI=1S/C27H21F4N3O5/c28-19-4-1-5-20(29)16(19)10-15-11-17(23(35)12-24(36)26(38)32-34-9-3-8-25(34)37)27(39)33(13-15)14-18-21(30)6-2-7-22(18)31/h1-2,4-7,11-13,36H,3,8-10,14H2,(H,32,38). The van der Waals surface area contributed by atoms with Crippen LogP contribution >= 0.6 is 0 Å². The van der Waals surface area contributed by atoms with Crippen LogP contribution in [0.15, 0.2) is 65.3 Å². The van der Waals surface area contributed by atoms with Crippen molar-refractivity contribution >= 4 is 17.6 Å². The highest BCUT2D eigenvalue weighted by Gasteiger charge is 2.24. The van der Waals surface area contributed by atoms with Crippen LogP contribution in [0.2, 0.25) is 0 Å². The molecule has 1 aliphatic heterocycles. The van der Waals surface area contributed by atoms with Gasteiger partial charge in [0.1, 0.15) is 23.3 Å². The molecule has 3 aromatic rings. The highest BCUT2D eigenvalue weighted by molar-refractivity contribution is 6.08. The van der Waals surface area contributed by atoms with Gasteiger partial charge in [0.25, 0.3) is 5.56 Å². The average Bonchev–Trinajstić information content (AvgIpc) is 3.29. The predicted octanol–water partition coefficient (Wildman–Crippen LogP) is 3.32. The van der Waals surface area contributed by atoms with Crippen LogP contribution in [-0.2, 0) is 22.6 Å². The smallest absolute Gasteiger partial charge is 0.304 e. The number of nitrogens with zero attached hydrogens (tertiary/aromatic N) is 2. The zero-order valence-electron chi connectivity index (χ0n) is 20.2. The molecular formula is C27H21F4N3O5. The molecule has 1 fully saturated rings. The third-order valence-corrected chi connectivity index (χ3v) is 6.05. The number of amides is 2. The van der Waals surface area contributed by atoms with Gasteiger partial charge in [-0.25, -0.2) is 17.6 Å². The van der Waals surface area contributed by atoms with Crippen molar-refractivity contribution in [3.8, 4) is 0 Å². The second-order valence-electron chi connectivity index (χ2n) is 8.76. The normalized spacial score (nSPS) is 13.6. The molecule has 0 atom stereocenters. The maximum absolute atomic E-state index is 14.3. The van der Waals surface area contributed by atoms with E-state index >= 15 is 0 Å². The van der Waals surface area contributed by atoms with Crippen molar-refractivity contribution in [2.45, 2.75) is 25.8 Å². The fourth-order valence-electron chi connectivity index (χ4n) is 4.06. The van der Waals surface area contributed by atoms with E-state index in [-0.39, 0.29) is 30.0 Å². The fourth-order valence-corrected chi connectivity index (χ4v) is 4.06. The summed E-state index contributed by atoms with van der Waals surface area (Å²) in [6, 6.07) is 7.25. The molecular weight excluding hydrogens is 522 g/mol. The zero-order valence-corrected chi connectivity index (χ0v) is 20.2. The molecule has 202 valence electrons. The van der Waals surface area contributed by atoms with E-state index in [1.807, 2.05) is 0 Å². The number of pyridine rings is 1. The Morgan fingerprint density at radius 2 is 1.54 bits per heavy atom. The van der Waals surface area contributed by atoms with Gasteiger partial charge in [0.2, 0.25) is 5.91 Å². The van der Waals surface area contributed by atoms with Crippen molar-refractivity contribution < 1.29 is 37.1 Å². The molecule has 1 saturated heterocycles. The molecule has 0 saturated carbocycles. The molecule has 2 aromatic carbocycles.